The predicted molar refractivity (Wildman–Crippen MR) is 86.8 cm³/mol. The molecule has 2 N–H and O–H groups in total. The van der Waals surface area contributed by atoms with Gasteiger partial charge in [0.25, 0.3) is 5.91 Å². The molecule has 0 aromatic heterocycles. The van der Waals surface area contributed by atoms with Gasteiger partial charge in [-0.2, -0.15) is 0 Å². The summed E-state index contributed by atoms with van der Waals surface area (Å²) in [5, 5.41) is 0. The molecule has 0 saturated carbocycles. The third-order valence-corrected chi connectivity index (χ3v) is 4.09. The lowest BCUT2D eigenvalue weighted by molar-refractivity contribution is 0.0989. The molecule has 0 radical (unpaired) electrons. The molecule has 2 aromatic rings. The number of rotatable bonds is 2. The van der Waals surface area contributed by atoms with Crippen molar-refractivity contribution in [1.29, 1.82) is 0 Å². The lowest BCUT2D eigenvalue weighted by Crippen LogP contribution is -2.29. The second kappa shape index (κ2) is 5.24. The van der Waals surface area contributed by atoms with E-state index in [0.29, 0.717) is 18.2 Å². The van der Waals surface area contributed by atoms with E-state index >= 15 is 0 Å². The van der Waals surface area contributed by atoms with Crippen molar-refractivity contribution in [2.45, 2.75) is 26.2 Å². The summed E-state index contributed by atoms with van der Waals surface area (Å²) in [6.45, 7) is 5.00. The Morgan fingerprint density at radius 3 is 2.52 bits per heavy atom. The van der Waals surface area contributed by atoms with Gasteiger partial charge in [0.1, 0.15) is 0 Å². The molecular weight excluding hydrogens is 260 g/mol. The highest BCUT2D eigenvalue weighted by Crippen LogP contribution is 2.34. The monoisotopic (exact) mass is 280 g/mol. The van der Waals surface area contributed by atoms with Crippen molar-refractivity contribution in [2.24, 2.45) is 0 Å². The van der Waals surface area contributed by atoms with Crippen molar-refractivity contribution >= 4 is 17.3 Å². The van der Waals surface area contributed by atoms with Crippen molar-refractivity contribution in [3.8, 4) is 0 Å². The number of benzene rings is 2. The second-order valence-corrected chi connectivity index (χ2v) is 5.84. The average Bonchev–Trinajstić information content (AvgIpc) is 2.92. The summed E-state index contributed by atoms with van der Waals surface area (Å²) in [4.78, 5) is 14.5. The number of fused-ring (bicyclic) bond motifs is 1. The smallest absolute Gasteiger partial charge is 0.258 e. The molecule has 108 valence electrons. The predicted octanol–water partition coefficient (Wildman–Crippen LogP) is 3.60. The molecule has 3 heteroatoms. The van der Waals surface area contributed by atoms with Gasteiger partial charge in [0.2, 0.25) is 0 Å². The molecular formula is C18H20N2O. The van der Waals surface area contributed by atoms with Crippen LogP contribution >= 0.6 is 0 Å². The summed E-state index contributed by atoms with van der Waals surface area (Å²) in [5.74, 6) is 0.499. The average molecular weight is 280 g/mol. The zero-order valence-electron chi connectivity index (χ0n) is 12.5. The van der Waals surface area contributed by atoms with E-state index in [1.165, 1.54) is 5.56 Å². The normalized spacial score (nSPS) is 13.6. The first-order chi connectivity index (χ1) is 10.1. The van der Waals surface area contributed by atoms with Crippen molar-refractivity contribution < 1.29 is 4.79 Å². The molecule has 0 fully saturated rings. The summed E-state index contributed by atoms with van der Waals surface area (Å²) >= 11 is 0. The van der Waals surface area contributed by atoms with Gasteiger partial charge in [0.05, 0.1) is 11.4 Å². The van der Waals surface area contributed by atoms with Crippen LogP contribution in [0.4, 0.5) is 11.4 Å². The fourth-order valence-electron chi connectivity index (χ4n) is 2.86. The molecule has 1 heterocycles. The number of carbonyl (C=O) groups excluding carboxylic acids is 1. The van der Waals surface area contributed by atoms with Gasteiger partial charge in [-0.1, -0.05) is 38.1 Å². The zero-order valence-corrected chi connectivity index (χ0v) is 12.5. The molecule has 0 aliphatic carbocycles. The minimum atomic E-state index is 0.0296. The molecule has 21 heavy (non-hydrogen) atoms. The molecule has 0 atom stereocenters. The fraction of sp³-hybridized carbons (Fsp3) is 0.278. The zero-order chi connectivity index (χ0) is 15.0. The third kappa shape index (κ3) is 2.40. The molecule has 1 aliphatic rings. The minimum Gasteiger partial charge on any atom is -0.397 e. The van der Waals surface area contributed by atoms with E-state index in [1.807, 2.05) is 42.5 Å². The quantitative estimate of drug-likeness (QED) is 0.854. The number of nitrogens with two attached hydrogens (primary N) is 1. The van der Waals surface area contributed by atoms with Crippen molar-refractivity contribution in [3.05, 3.63) is 59.2 Å². The topological polar surface area (TPSA) is 46.3 Å². The molecule has 3 rings (SSSR count). The Morgan fingerprint density at radius 1 is 1.14 bits per heavy atom. The Kier molecular flexibility index (Phi) is 3.42. The van der Waals surface area contributed by atoms with Crippen LogP contribution in [0.5, 0.6) is 0 Å². The van der Waals surface area contributed by atoms with Crippen LogP contribution < -0.4 is 10.6 Å². The molecule has 0 bridgehead atoms. The first-order valence-corrected chi connectivity index (χ1v) is 7.37. The van der Waals surface area contributed by atoms with Crippen LogP contribution in [0, 0.1) is 0 Å². The Bertz CT molecular complexity index is 674. The van der Waals surface area contributed by atoms with E-state index < -0.39 is 0 Å². The third-order valence-electron chi connectivity index (χ3n) is 4.09. The SMILES string of the molecule is CC(C)c1ccc(C(=O)N2CCc3cccc(N)c32)cc1. The summed E-state index contributed by atoms with van der Waals surface area (Å²) in [7, 11) is 0. The number of anilines is 2. The van der Waals surface area contributed by atoms with Gasteiger partial charge < -0.3 is 10.6 Å². The number of nitrogen functional groups attached to an aromatic ring is 1. The van der Waals surface area contributed by atoms with Crippen LogP contribution in [0.3, 0.4) is 0 Å². The number of para-hydroxylation sites is 1. The molecule has 1 amide bonds. The van der Waals surface area contributed by atoms with Crippen LogP contribution in [0.1, 0.15) is 41.3 Å². The van der Waals surface area contributed by atoms with Crippen molar-refractivity contribution in [2.75, 3.05) is 17.2 Å². The molecule has 2 aromatic carbocycles. The maximum Gasteiger partial charge on any atom is 0.258 e. The van der Waals surface area contributed by atoms with E-state index in [9.17, 15) is 4.79 Å². The number of carbonyl (C=O) groups is 1. The summed E-state index contributed by atoms with van der Waals surface area (Å²) in [5.41, 5.74) is 10.7. The van der Waals surface area contributed by atoms with Gasteiger partial charge in [0.15, 0.2) is 0 Å². The van der Waals surface area contributed by atoms with Gasteiger partial charge in [0, 0.05) is 12.1 Å². The van der Waals surface area contributed by atoms with Gasteiger partial charge in [-0.25, -0.2) is 0 Å². The number of hydrogen-bond acceptors (Lipinski definition) is 2. The Morgan fingerprint density at radius 2 is 1.86 bits per heavy atom. The largest absolute Gasteiger partial charge is 0.397 e. The van der Waals surface area contributed by atoms with Gasteiger partial charge in [-0.3, -0.25) is 4.79 Å². The first-order valence-electron chi connectivity index (χ1n) is 7.37. The highest BCUT2D eigenvalue weighted by molar-refractivity contribution is 6.09. The molecule has 1 aliphatic heterocycles. The highest BCUT2D eigenvalue weighted by Gasteiger charge is 2.27. The second-order valence-electron chi connectivity index (χ2n) is 5.84. The first kappa shape index (κ1) is 13.7. The molecule has 0 spiro atoms. The standard InChI is InChI=1S/C18H20N2O/c1-12(2)13-6-8-15(9-7-13)18(21)20-11-10-14-4-3-5-16(19)17(14)20/h3-9,12H,10-11,19H2,1-2H3. The summed E-state index contributed by atoms with van der Waals surface area (Å²) in [6, 6.07) is 13.7. The number of nitrogens with zero attached hydrogens (tertiary/aromatic N) is 1. The van der Waals surface area contributed by atoms with Crippen molar-refractivity contribution in [3.63, 3.8) is 0 Å². The van der Waals surface area contributed by atoms with E-state index in [4.69, 9.17) is 5.73 Å². The van der Waals surface area contributed by atoms with Crippen molar-refractivity contribution in [1.82, 2.24) is 0 Å². The molecule has 3 nitrogen and oxygen atoms in total. The van der Waals surface area contributed by atoms with Crippen LogP contribution in [-0.2, 0) is 6.42 Å². The maximum atomic E-state index is 12.7. The fourth-order valence-corrected chi connectivity index (χ4v) is 2.86. The lowest BCUT2D eigenvalue weighted by atomic mass is 10.0. The van der Waals surface area contributed by atoms with E-state index in [-0.39, 0.29) is 5.91 Å². The van der Waals surface area contributed by atoms with Gasteiger partial charge in [-0.05, 0) is 41.7 Å². The molecule has 0 saturated heterocycles. The highest BCUT2D eigenvalue weighted by atomic mass is 16.2. The van der Waals surface area contributed by atoms with Gasteiger partial charge in [-0.15, -0.1) is 0 Å². The van der Waals surface area contributed by atoms with Crippen LogP contribution in [-0.4, -0.2) is 12.5 Å². The Balaban J connectivity index is 1.91. The van der Waals surface area contributed by atoms with Crippen LogP contribution in [0.2, 0.25) is 0 Å². The molecule has 0 unspecified atom stereocenters. The number of hydrogen-bond donors (Lipinski definition) is 1. The van der Waals surface area contributed by atoms with E-state index in [1.54, 1.807) is 4.90 Å². The maximum absolute atomic E-state index is 12.7. The van der Waals surface area contributed by atoms with Crippen LogP contribution in [0.25, 0.3) is 0 Å². The van der Waals surface area contributed by atoms with E-state index in [2.05, 4.69) is 13.8 Å². The minimum absolute atomic E-state index is 0.0296. The van der Waals surface area contributed by atoms with Gasteiger partial charge >= 0.3 is 0 Å². The Labute approximate surface area is 125 Å². The van der Waals surface area contributed by atoms with Crippen LogP contribution in [0.15, 0.2) is 42.5 Å². The summed E-state index contributed by atoms with van der Waals surface area (Å²) in [6.07, 6.45) is 0.871. The summed E-state index contributed by atoms with van der Waals surface area (Å²) < 4.78 is 0. The number of amides is 1. The lowest BCUT2D eigenvalue weighted by Gasteiger charge is -2.19. The van der Waals surface area contributed by atoms with E-state index in [0.717, 1.165) is 23.2 Å². The Hall–Kier alpha value is -2.29.